The Morgan fingerprint density at radius 2 is 2.10 bits per heavy atom. The van der Waals surface area contributed by atoms with Crippen LogP contribution in [-0.4, -0.2) is 36.0 Å². The van der Waals surface area contributed by atoms with Gasteiger partial charge in [0.2, 0.25) is 0 Å². The molecular formula is C13H20N6O. The van der Waals surface area contributed by atoms with E-state index in [-0.39, 0.29) is 11.9 Å². The van der Waals surface area contributed by atoms with Crippen molar-refractivity contribution in [2.75, 3.05) is 0 Å². The number of aromatic nitrogens is 6. The summed E-state index contributed by atoms with van der Waals surface area (Å²) in [4.78, 5) is 12.3. The van der Waals surface area contributed by atoms with E-state index in [1.807, 2.05) is 13.8 Å². The van der Waals surface area contributed by atoms with Crippen LogP contribution in [0.2, 0.25) is 0 Å². The van der Waals surface area contributed by atoms with Crippen molar-refractivity contribution in [2.24, 2.45) is 0 Å². The van der Waals surface area contributed by atoms with Gasteiger partial charge in [-0.25, -0.2) is 4.79 Å². The fourth-order valence-corrected chi connectivity index (χ4v) is 2.17. The molecule has 0 aromatic carbocycles. The molecule has 0 N–H and O–H groups in total. The molecule has 2 aromatic heterocycles. The molecule has 108 valence electrons. The Hall–Kier alpha value is -2.05. The van der Waals surface area contributed by atoms with Crippen LogP contribution in [0, 0.1) is 0 Å². The predicted octanol–water partition coefficient (Wildman–Crippen LogP) is 2.24. The zero-order chi connectivity index (χ0) is 14.5. The topological polar surface area (TPSA) is 78.5 Å². The summed E-state index contributed by atoms with van der Waals surface area (Å²) < 4.78 is 2.50. The lowest BCUT2D eigenvalue weighted by Crippen LogP contribution is -2.24. The molecular weight excluding hydrogens is 256 g/mol. The van der Waals surface area contributed by atoms with E-state index in [1.54, 1.807) is 0 Å². The summed E-state index contributed by atoms with van der Waals surface area (Å²) in [6, 6.07) is -0.347. The van der Waals surface area contributed by atoms with Gasteiger partial charge in [-0.1, -0.05) is 44.0 Å². The SMILES string of the molecule is CCCCCc1nnn(C(=O)n2ccnn2)c1C(C)C. The van der Waals surface area contributed by atoms with Crippen LogP contribution >= 0.6 is 0 Å². The van der Waals surface area contributed by atoms with Gasteiger partial charge in [0.05, 0.1) is 23.8 Å². The monoisotopic (exact) mass is 276 g/mol. The summed E-state index contributed by atoms with van der Waals surface area (Å²) in [6.07, 6.45) is 7.19. The largest absolute Gasteiger partial charge is 0.372 e. The molecule has 0 atom stereocenters. The molecule has 0 saturated carbocycles. The minimum absolute atomic E-state index is 0.175. The number of nitrogens with zero attached hydrogens (tertiary/aromatic N) is 6. The number of aryl methyl sites for hydroxylation is 1. The lowest BCUT2D eigenvalue weighted by Gasteiger charge is -2.09. The van der Waals surface area contributed by atoms with Crippen molar-refractivity contribution in [1.29, 1.82) is 0 Å². The Kier molecular flexibility index (Phi) is 4.60. The Balaban J connectivity index is 2.27. The van der Waals surface area contributed by atoms with E-state index in [4.69, 9.17) is 0 Å². The standard InChI is InChI=1S/C13H20N6O/c1-4-5-6-7-11-12(10(2)3)19(17-15-11)13(20)18-9-8-14-16-18/h8-10H,4-7H2,1-3H3. The van der Waals surface area contributed by atoms with Crippen molar-refractivity contribution in [3.63, 3.8) is 0 Å². The highest BCUT2D eigenvalue weighted by atomic mass is 16.2. The highest BCUT2D eigenvalue weighted by molar-refractivity contribution is 5.78. The molecule has 0 amide bonds. The number of carbonyl (C=O) groups excluding carboxylic acids is 1. The highest BCUT2D eigenvalue weighted by Gasteiger charge is 2.21. The molecule has 0 aliphatic rings. The summed E-state index contributed by atoms with van der Waals surface area (Å²) in [5, 5.41) is 15.5. The maximum Gasteiger partial charge on any atom is 0.372 e. The van der Waals surface area contributed by atoms with Crippen LogP contribution in [0.5, 0.6) is 0 Å². The predicted molar refractivity (Wildman–Crippen MR) is 73.6 cm³/mol. The molecule has 0 bridgehead atoms. The van der Waals surface area contributed by atoms with E-state index in [0.717, 1.165) is 41.8 Å². The molecule has 0 saturated heterocycles. The van der Waals surface area contributed by atoms with E-state index in [0.29, 0.717) is 0 Å². The first-order valence-electron chi connectivity index (χ1n) is 7.00. The summed E-state index contributed by atoms with van der Waals surface area (Å²) in [6.45, 7) is 6.23. The fourth-order valence-electron chi connectivity index (χ4n) is 2.17. The Labute approximate surface area is 118 Å². The van der Waals surface area contributed by atoms with Gasteiger partial charge in [0, 0.05) is 0 Å². The summed E-state index contributed by atoms with van der Waals surface area (Å²) in [7, 11) is 0. The average molecular weight is 276 g/mol. The smallest absolute Gasteiger partial charge is 0.243 e. The zero-order valence-corrected chi connectivity index (χ0v) is 12.2. The number of rotatable bonds is 5. The van der Waals surface area contributed by atoms with Gasteiger partial charge >= 0.3 is 6.03 Å². The van der Waals surface area contributed by atoms with Crippen LogP contribution in [0.25, 0.3) is 0 Å². The lowest BCUT2D eigenvalue weighted by atomic mass is 10.0. The minimum Gasteiger partial charge on any atom is -0.243 e. The second-order valence-electron chi connectivity index (χ2n) is 5.08. The van der Waals surface area contributed by atoms with Crippen molar-refractivity contribution in [2.45, 2.75) is 52.4 Å². The second-order valence-corrected chi connectivity index (χ2v) is 5.08. The first kappa shape index (κ1) is 14.4. The molecule has 7 nitrogen and oxygen atoms in total. The van der Waals surface area contributed by atoms with Gasteiger partial charge in [-0.05, 0) is 18.8 Å². The maximum atomic E-state index is 12.3. The highest BCUT2D eigenvalue weighted by Crippen LogP contribution is 2.19. The molecule has 0 spiro atoms. The number of carbonyl (C=O) groups is 1. The Morgan fingerprint density at radius 1 is 1.30 bits per heavy atom. The normalized spacial score (nSPS) is 11.2. The lowest BCUT2D eigenvalue weighted by molar-refractivity contribution is 0.236. The van der Waals surface area contributed by atoms with E-state index >= 15 is 0 Å². The van der Waals surface area contributed by atoms with Gasteiger partial charge in [-0.3, -0.25) is 0 Å². The first-order valence-corrected chi connectivity index (χ1v) is 7.00. The average Bonchev–Trinajstić information content (AvgIpc) is 3.07. The third-order valence-electron chi connectivity index (χ3n) is 3.14. The molecule has 0 aliphatic heterocycles. The van der Waals surface area contributed by atoms with Gasteiger partial charge in [0.25, 0.3) is 0 Å². The van der Waals surface area contributed by atoms with Crippen LogP contribution < -0.4 is 0 Å². The van der Waals surface area contributed by atoms with Crippen molar-refractivity contribution in [1.82, 2.24) is 30.0 Å². The van der Waals surface area contributed by atoms with Crippen LogP contribution in [0.15, 0.2) is 12.4 Å². The molecule has 0 radical (unpaired) electrons. The third-order valence-corrected chi connectivity index (χ3v) is 3.14. The molecule has 20 heavy (non-hydrogen) atoms. The molecule has 0 fully saturated rings. The number of unbranched alkanes of at least 4 members (excludes halogenated alkanes) is 2. The van der Waals surface area contributed by atoms with E-state index < -0.39 is 0 Å². The van der Waals surface area contributed by atoms with E-state index in [1.165, 1.54) is 17.1 Å². The van der Waals surface area contributed by atoms with Crippen molar-refractivity contribution < 1.29 is 4.79 Å². The van der Waals surface area contributed by atoms with Crippen LogP contribution in [0.4, 0.5) is 4.79 Å². The fraction of sp³-hybridized carbons (Fsp3) is 0.615. The van der Waals surface area contributed by atoms with E-state index in [9.17, 15) is 4.79 Å². The zero-order valence-electron chi connectivity index (χ0n) is 12.2. The van der Waals surface area contributed by atoms with Gasteiger partial charge in [0.15, 0.2) is 0 Å². The van der Waals surface area contributed by atoms with Gasteiger partial charge in [-0.2, -0.15) is 9.36 Å². The summed E-state index contributed by atoms with van der Waals surface area (Å²) in [5.41, 5.74) is 1.77. The molecule has 2 aromatic rings. The molecule has 2 heterocycles. The van der Waals surface area contributed by atoms with Gasteiger partial charge in [-0.15, -0.1) is 10.2 Å². The first-order chi connectivity index (χ1) is 9.65. The molecule has 0 unspecified atom stereocenters. The van der Waals surface area contributed by atoms with E-state index in [2.05, 4.69) is 27.5 Å². The molecule has 7 heteroatoms. The maximum absolute atomic E-state index is 12.3. The molecule has 0 aliphatic carbocycles. The van der Waals surface area contributed by atoms with Crippen molar-refractivity contribution in [3.8, 4) is 0 Å². The number of hydrogen-bond acceptors (Lipinski definition) is 5. The summed E-state index contributed by atoms with van der Waals surface area (Å²) in [5.74, 6) is 0.175. The van der Waals surface area contributed by atoms with Gasteiger partial charge in [0.1, 0.15) is 0 Å². The third kappa shape index (κ3) is 2.92. The van der Waals surface area contributed by atoms with Gasteiger partial charge < -0.3 is 0 Å². The van der Waals surface area contributed by atoms with Crippen LogP contribution in [0.3, 0.4) is 0 Å². The second kappa shape index (κ2) is 6.40. The Bertz CT molecular complexity index is 557. The minimum atomic E-state index is -0.347. The summed E-state index contributed by atoms with van der Waals surface area (Å²) >= 11 is 0. The van der Waals surface area contributed by atoms with Crippen molar-refractivity contribution >= 4 is 6.03 Å². The van der Waals surface area contributed by atoms with Crippen LogP contribution in [0.1, 0.15) is 57.3 Å². The number of hydrogen-bond donors (Lipinski definition) is 0. The Morgan fingerprint density at radius 3 is 2.70 bits per heavy atom. The molecule has 2 rings (SSSR count). The van der Waals surface area contributed by atoms with Crippen molar-refractivity contribution in [3.05, 3.63) is 23.8 Å². The quantitative estimate of drug-likeness (QED) is 0.782. The van der Waals surface area contributed by atoms with Crippen LogP contribution in [-0.2, 0) is 6.42 Å².